The Hall–Kier alpha value is -2.11. The van der Waals surface area contributed by atoms with E-state index >= 15 is 0 Å². The second kappa shape index (κ2) is 5.22. The van der Waals surface area contributed by atoms with E-state index in [9.17, 15) is 14.4 Å². The van der Waals surface area contributed by atoms with Gasteiger partial charge in [-0.2, -0.15) is 0 Å². The lowest BCUT2D eigenvalue weighted by Crippen LogP contribution is -2.38. The molecule has 3 aliphatic rings. The minimum absolute atomic E-state index is 0.0570. The number of carbonyl (C=O) groups excluding carboxylic acids is 2. The van der Waals surface area contributed by atoms with Crippen LogP contribution in [0.4, 0.5) is 0 Å². The number of rotatable bonds is 3. The first-order valence-corrected chi connectivity index (χ1v) is 8.28. The maximum Gasteiger partial charge on any atom is 0.270 e. The van der Waals surface area contributed by atoms with Gasteiger partial charge in [0.2, 0.25) is 5.91 Å². The molecule has 0 radical (unpaired) electrons. The molecular formula is C17H21N3O3. The fourth-order valence-corrected chi connectivity index (χ4v) is 3.83. The van der Waals surface area contributed by atoms with Crippen molar-refractivity contribution in [2.24, 2.45) is 24.8 Å². The molecular weight excluding hydrogens is 294 g/mol. The summed E-state index contributed by atoms with van der Waals surface area (Å²) in [5.41, 5.74) is 0.196. The summed E-state index contributed by atoms with van der Waals surface area (Å²) in [6, 6.07) is 4.71. The van der Waals surface area contributed by atoms with Crippen LogP contribution in [0.5, 0.6) is 0 Å². The molecule has 2 saturated heterocycles. The van der Waals surface area contributed by atoms with Crippen LogP contribution in [0, 0.1) is 17.8 Å². The van der Waals surface area contributed by atoms with E-state index in [1.165, 1.54) is 23.5 Å². The number of nitrogens with zero attached hydrogens (tertiary/aromatic N) is 3. The third-order valence-corrected chi connectivity index (χ3v) is 5.39. The Balaban J connectivity index is 1.47. The molecule has 0 spiro atoms. The van der Waals surface area contributed by atoms with Crippen molar-refractivity contribution in [2.45, 2.75) is 12.8 Å². The van der Waals surface area contributed by atoms with Gasteiger partial charge in [-0.05, 0) is 24.8 Å². The number of carbonyl (C=O) groups is 2. The molecule has 3 fully saturated rings. The van der Waals surface area contributed by atoms with Crippen molar-refractivity contribution in [1.29, 1.82) is 0 Å². The van der Waals surface area contributed by atoms with Gasteiger partial charge in [0.1, 0.15) is 5.69 Å². The van der Waals surface area contributed by atoms with Gasteiger partial charge in [-0.25, -0.2) is 0 Å². The Kier molecular flexibility index (Phi) is 3.28. The van der Waals surface area contributed by atoms with E-state index in [1.807, 2.05) is 4.90 Å². The van der Waals surface area contributed by atoms with E-state index in [-0.39, 0.29) is 29.2 Å². The zero-order valence-corrected chi connectivity index (χ0v) is 13.3. The predicted octanol–water partition coefficient (Wildman–Crippen LogP) is 0.326. The van der Waals surface area contributed by atoms with Crippen LogP contribution in [-0.2, 0) is 11.8 Å². The summed E-state index contributed by atoms with van der Waals surface area (Å²) in [5, 5.41) is 0. The van der Waals surface area contributed by atoms with E-state index in [1.54, 1.807) is 24.1 Å². The van der Waals surface area contributed by atoms with Gasteiger partial charge in [-0.3, -0.25) is 14.4 Å². The van der Waals surface area contributed by atoms with Crippen LogP contribution in [0.1, 0.15) is 23.3 Å². The zero-order chi connectivity index (χ0) is 16.1. The molecule has 6 nitrogen and oxygen atoms in total. The van der Waals surface area contributed by atoms with Gasteiger partial charge in [0.15, 0.2) is 0 Å². The van der Waals surface area contributed by atoms with Crippen molar-refractivity contribution in [2.75, 3.05) is 26.2 Å². The molecule has 23 heavy (non-hydrogen) atoms. The van der Waals surface area contributed by atoms with Gasteiger partial charge >= 0.3 is 0 Å². The van der Waals surface area contributed by atoms with Crippen LogP contribution in [0.25, 0.3) is 0 Å². The summed E-state index contributed by atoms with van der Waals surface area (Å²) in [6.45, 7) is 2.76. The number of hydrogen-bond acceptors (Lipinski definition) is 3. The normalized spacial score (nSPS) is 26.7. The highest BCUT2D eigenvalue weighted by Gasteiger charge is 2.48. The summed E-state index contributed by atoms with van der Waals surface area (Å²) < 4.78 is 1.37. The molecule has 0 unspecified atom stereocenters. The first-order chi connectivity index (χ1) is 11.0. The van der Waals surface area contributed by atoms with Crippen LogP contribution >= 0.6 is 0 Å². The third-order valence-electron chi connectivity index (χ3n) is 5.39. The predicted molar refractivity (Wildman–Crippen MR) is 83.9 cm³/mol. The van der Waals surface area contributed by atoms with Gasteiger partial charge in [-0.15, -0.1) is 0 Å². The summed E-state index contributed by atoms with van der Waals surface area (Å²) in [6.07, 6.45) is 2.48. The van der Waals surface area contributed by atoms with Crippen LogP contribution in [0.3, 0.4) is 0 Å². The standard InChI is InChI=1S/C17H21N3O3/c1-18-14(3-2-4-15(18)21)17(23)20-9-12-8-19(7-11-5-6-11)16(22)13(12)10-20/h2-4,11-13H,5-10H2,1H3/t12-,13+/m1/s1. The molecule has 6 heteroatoms. The highest BCUT2D eigenvalue weighted by Crippen LogP contribution is 2.36. The smallest absolute Gasteiger partial charge is 0.270 e. The summed E-state index contributed by atoms with van der Waals surface area (Å²) in [5.74, 6) is 0.944. The number of amides is 2. The number of pyridine rings is 1. The number of fused-ring (bicyclic) bond motifs is 1. The monoisotopic (exact) mass is 315 g/mol. The number of aromatic nitrogens is 1. The topological polar surface area (TPSA) is 62.6 Å². The van der Waals surface area contributed by atoms with Crippen LogP contribution < -0.4 is 5.56 Å². The zero-order valence-electron chi connectivity index (χ0n) is 13.3. The van der Waals surface area contributed by atoms with Gasteiger partial charge < -0.3 is 14.4 Å². The second-order valence-electron chi connectivity index (χ2n) is 7.07. The third kappa shape index (κ3) is 2.46. The van der Waals surface area contributed by atoms with Gasteiger partial charge in [-0.1, -0.05) is 6.07 Å². The maximum atomic E-state index is 12.7. The minimum Gasteiger partial charge on any atom is -0.342 e. The lowest BCUT2D eigenvalue weighted by atomic mass is 10.0. The molecule has 1 saturated carbocycles. The van der Waals surface area contributed by atoms with E-state index in [2.05, 4.69) is 0 Å². The van der Waals surface area contributed by atoms with Gasteiger partial charge in [0.05, 0.1) is 5.92 Å². The molecule has 0 aromatic carbocycles. The fraction of sp³-hybridized carbons (Fsp3) is 0.588. The van der Waals surface area contributed by atoms with Crippen LogP contribution in [-0.4, -0.2) is 52.4 Å². The van der Waals surface area contributed by atoms with Crippen molar-refractivity contribution >= 4 is 11.8 Å². The molecule has 4 rings (SSSR count). The molecule has 122 valence electrons. The largest absolute Gasteiger partial charge is 0.342 e. The molecule has 2 atom stereocenters. The Morgan fingerprint density at radius 2 is 1.96 bits per heavy atom. The minimum atomic E-state index is -0.193. The molecule has 1 aromatic rings. The summed E-state index contributed by atoms with van der Waals surface area (Å²) in [7, 11) is 1.61. The number of hydrogen-bond donors (Lipinski definition) is 0. The molecule has 0 N–H and O–H groups in total. The molecule has 0 bridgehead atoms. The van der Waals surface area contributed by atoms with Crippen molar-refractivity contribution in [3.05, 3.63) is 34.2 Å². The first kappa shape index (κ1) is 14.5. The Morgan fingerprint density at radius 1 is 1.17 bits per heavy atom. The van der Waals surface area contributed by atoms with E-state index in [0.717, 1.165) is 13.1 Å². The molecule has 2 amide bonds. The maximum absolute atomic E-state index is 12.7. The van der Waals surface area contributed by atoms with Gasteiger partial charge in [0.25, 0.3) is 11.5 Å². The molecule has 1 aromatic heterocycles. The summed E-state index contributed by atoms with van der Waals surface area (Å²) >= 11 is 0. The fourth-order valence-electron chi connectivity index (χ4n) is 3.83. The quantitative estimate of drug-likeness (QED) is 0.807. The lowest BCUT2D eigenvalue weighted by molar-refractivity contribution is -0.131. The first-order valence-electron chi connectivity index (χ1n) is 8.28. The summed E-state index contributed by atoms with van der Waals surface area (Å²) in [4.78, 5) is 40.6. The van der Waals surface area contributed by atoms with Crippen molar-refractivity contribution < 1.29 is 9.59 Å². The second-order valence-corrected chi connectivity index (χ2v) is 7.07. The van der Waals surface area contributed by atoms with E-state index in [0.29, 0.717) is 24.7 Å². The SMILES string of the molecule is Cn1c(C(=O)N2C[C@H]3CN(CC4CC4)C(=O)[C@H]3C2)cccc1=O. The highest BCUT2D eigenvalue weighted by atomic mass is 16.2. The lowest BCUT2D eigenvalue weighted by Gasteiger charge is -2.22. The van der Waals surface area contributed by atoms with E-state index < -0.39 is 0 Å². The molecule has 1 aliphatic carbocycles. The average molecular weight is 315 g/mol. The van der Waals surface area contributed by atoms with Crippen molar-refractivity contribution in [1.82, 2.24) is 14.4 Å². The van der Waals surface area contributed by atoms with Crippen molar-refractivity contribution in [3.63, 3.8) is 0 Å². The Labute approximate surface area is 134 Å². The molecule has 3 heterocycles. The Morgan fingerprint density at radius 3 is 2.65 bits per heavy atom. The van der Waals surface area contributed by atoms with Gasteiger partial charge in [0, 0.05) is 45.2 Å². The highest BCUT2D eigenvalue weighted by molar-refractivity contribution is 5.94. The van der Waals surface area contributed by atoms with Crippen molar-refractivity contribution in [3.8, 4) is 0 Å². The Bertz CT molecular complexity index is 722. The van der Waals surface area contributed by atoms with Crippen LogP contribution in [0.15, 0.2) is 23.0 Å². The molecule has 2 aliphatic heterocycles. The van der Waals surface area contributed by atoms with E-state index in [4.69, 9.17) is 0 Å². The average Bonchev–Trinajstić information content (AvgIpc) is 3.17. The number of likely N-dealkylation sites (tertiary alicyclic amines) is 2. The van der Waals surface area contributed by atoms with Crippen LogP contribution in [0.2, 0.25) is 0 Å².